The van der Waals surface area contributed by atoms with Crippen molar-refractivity contribution in [2.45, 2.75) is 4.90 Å². The molecular formula is C13H14N4O7S2. The van der Waals surface area contributed by atoms with Crippen LogP contribution in [0.15, 0.2) is 22.4 Å². The van der Waals surface area contributed by atoms with Gasteiger partial charge in [0.15, 0.2) is 0 Å². The number of methoxy groups -OCH3 is 3. The highest BCUT2D eigenvalue weighted by atomic mass is 32.2. The Morgan fingerprint density at radius 3 is 2.27 bits per heavy atom. The Bertz CT molecular complexity index is 904. The van der Waals surface area contributed by atoms with Gasteiger partial charge in [-0.3, -0.25) is 5.32 Å². The van der Waals surface area contributed by atoms with Crippen LogP contribution >= 0.6 is 11.3 Å². The maximum atomic E-state index is 12.3. The van der Waals surface area contributed by atoms with Gasteiger partial charge in [-0.2, -0.15) is 9.97 Å². The number of thiophene rings is 1. The van der Waals surface area contributed by atoms with Crippen molar-refractivity contribution < 1.29 is 32.2 Å². The van der Waals surface area contributed by atoms with Crippen molar-refractivity contribution in [1.82, 2.24) is 14.7 Å². The molecule has 0 aromatic carbocycles. The average Bonchev–Trinajstić information content (AvgIpc) is 3.10. The molecule has 2 heterocycles. The van der Waals surface area contributed by atoms with Gasteiger partial charge in [-0.25, -0.2) is 22.7 Å². The van der Waals surface area contributed by atoms with E-state index < -0.39 is 22.0 Å². The quantitative estimate of drug-likeness (QED) is 0.671. The van der Waals surface area contributed by atoms with Crippen molar-refractivity contribution in [2.24, 2.45) is 0 Å². The molecule has 2 N–H and O–H groups in total. The maximum Gasteiger partial charge on any atom is 0.349 e. The fourth-order valence-electron chi connectivity index (χ4n) is 1.72. The van der Waals surface area contributed by atoms with E-state index in [1.807, 2.05) is 0 Å². The van der Waals surface area contributed by atoms with E-state index >= 15 is 0 Å². The van der Waals surface area contributed by atoms with Gasteiger partial charge in [0.1, 0.15) is 9.77 Å². The molecule has 2 aromatic heterocycles. The van der Waals surface area contributed by atoms with Crippen LogP contribution in [0.4, 0.5) is 10.7 Å². The van der Waals surface area contributed by atoms with Crippen LogP contribution in [0.3, 0.4) is 0 Å². The average molecular weight is 402 g/mol. The first kappa shape index (κ1) is 19.4. The summed E-state index contributed by atoms with van der Waals surface area (Å²) in [7, 11) is -0.510. The number of amides is 2. The molecule has 13 heteroatoms. The third-order valence-electron chi connectivity index (χ3n) is 2.84. The number of rotatable bonds is 6. The molecule has 2 aromatic rings. The second-order valence-electron chi connectivity index (χ2n) is 4.44. The molecule has 0 aliphatic rings. The van der Waals surface area contributed by atoms with Crippen LogP contribution in [-0.4, -0.2) is 51.7 Å². The van der Waals surface area contributed by atoms with Crippen molar-refractivity contribution in [2.75, 3.05) is 26.6 Å². The van der Waals surface area contributed by atoms with Gasteiger partial charge < -0.3 is 14.2 Å². The van der Waals surface area contributed by atoms with E-state index in [1.54, 1.807) is 4.72 Å². The zero-order valence-corrected chi connectivity index (χ0v) is 15.4. The Kier molecular flexibility index (Phi) is 5.94. The number of carbonyl (C=O) groups excluding carboxylic acids is 2. The summed E-state index contributed by atoms with van der Waals surface area (Å²) < 4.78 is 40.8. The lowest BCUT2D eigenvalue weighted by Gasteiger charge is -2.09. The zero-order chi connectivity index (χ0) is 19.3. The van der Waals surface area contributed by atoms with Crippen LogP contribution in [0.25, 0.3) is 0 Å². The van der Waals surface area contributed by atoms with E-state index in [1.165, 1.54) is 31.7 Å². The normalized spacial score (nSPS) is 10.7. The van der Waals surface area contributed by atoms with Gasteiger partial charge in [0.25, 0.3) is 10.0 Å². The summed E-state index contributed by atoms with van der Waals surface area (Å²) in [5.41, 5.74) is 0. The van der Waals surface area contributed by atoms with Crippen LogP contribution in [0.5, 0.6) is 11.8 Å². The molecule has 2 amide bonds. The minimum atomic E-state index is -4.32. The summed E-state index contributed by atoms with van der Waals surface area (Å²) in [5, 5.41) is 3.53. The first-order valence-corrected chi connectivity index (χ1v) is 9.13. The molecule has 0 saturated heterocycles. The predicted octanol–water partition coefficient (Wildman–Crippen LogP) is 0.852. The summed E-state index contributed by atoms with van der Waals surface area (Å²) >= 11 is 0.867. The van der Waals surface area contributed by atoms with Gasteiger partial charge in [0.2, 0.25) is 17.7 Å². The highest BCUT2D eigenvalue weighted by Gasteiger charge is 2.26. The first-order chi connectivity index (χ1) is 12.3. The van der Waals surface area contributed by atoms with Crippen molar-refractivity contribution >= 4 is 39.3 Å². The van der Waals surface area contributed by atoms with E-state index in [9.17, 15) is 18.0 Å². The molecule has 0 aliphatic heterocycles. The molecule has 0 radical (unpaired) electrons. The summed E-state index contributed by atoms with van der Waals surface area (Å²) in [5.74, 6) is -0.879. The van der Waals surface area contributed by atoms with E-state index in [0.29, 0.717) is 0 Å². The zero-order valence-electron chi connectivity index (χ0n) is 13.8. The van der Waals surface area contributed by atoms with E-state index in [-0.39, 0.29) is 27.5 Å². The van der Waals surface area contributed by atoms with Gasteiger partial charge in [-0.1, -0.05) is 0 Å². The van der Waals surface area contributed by atoms with Crippen LogP contribution < -0.4 is 19.5 Å². The largest absolute Gasteiger partial charge is 0.481 e. The van der Waals surface area contributed by atoms with Gasteiger partial charge in [0, 0.05) is 0 Å². The number of ether oxygens (including phenoxy) is 3. The van der Waals surface area contributed by atoms with E-state index in [0.717, 1.165) is 18.4 Å². The number of anilines is 1. The van der Waals surface area contributed by atoms with E-state index in [2.05, 4.69) is 20.0 Å². The van der Waals surface area contributed by atoms with Crippen LogP contribution in [0.1, 0.15) is 9.67 Å². The van der Waals surface area contributed by atoms with Gasteiger partial charge in [-0.05, 0) is 11.4 Å². The molecule has 26 heavy (non-hydrogen) atoms. The minimum Gasteiger partial charge on any atom is -0.481 e. The fourth-order valence-corrected chi connectivity index (χ4v) is 3.97. The van der Waals surface area contributed by atoms with Gasteiger partial charge in [0.05, 0.1) is 27.4 Å². The first-order valence-electron chi connectivity index (χ1n) is 6.77. The summed E-state index contributed by atoms with van der Waals surface area (Å²) in [6.45, 7) is 0. The lowest BCUT2D eigenvalue weighted by atomic mass is 10.5. The lowest BCUT2D eigenvalue weighted by molar-refractivity contribution is 0.0602. The highest BCUT2D eigenvalue weighted by molar-refractivity contribution is 7.90. The second-order valence-corrected chi connectivity index (χ2v) is 7.01. The molecule has 0 unspecified atom stereocenters. The second kappa shape index (κ2) is 7.97. The third kappa shape index (κ3) is 4.37. The van der Waals surface area contributed by atoms with Crippen LogP contribution in [0.2, 0.25) is 0 Å². The fraction of sp³-hybridized carbons (Fsp3) is 0.231. The Labute approximate surface area is 152 Å². The number of nitrogens with zero attached hydrogens (tertiary/aromatic N) is 2. The van der Waals surface area contributed by atoms with Crippen molar-refractivity contribution in [3.8, 4) is 11.8 Å². The molecule has 0 aliphatic carbocycles. The lowest BCUT2D eigenvalue weighted by Crippen LogP contribution is -2.35. The van der Waals surface area contributed by atoms with Crippen LogP contribution in [-0.2, 0) is 14.8 Å². The Balaban J connectivity index is 2.20. The summed E-state index contributed by atoms with van der Waals surface area (Å²) in [6.07, 6.45) is 0. The molecular weight excluding hydrogens is 388 g/mol. The number of aromatic nitrogens is 2. The Hall–Kier alpha value is -2.93. The molecule has 11 nitrogen and oxygen atoms in total. The minimum absolute atomic E-state index is 0.0980. The third-order valence-corrected chi connectivity index (χ3v) is 5.24. The van der Waals surface area contributed by atoms with E-state index in [4.69, 9.17) is 9.47 Å². The van der Waals surface area contributed by atoms with Crippen molar-refractivity contribution in [1.29, 1.82) is 0 Å². The molecule has 0 atom stereocenters. The van der Waals surface area contributed by atoms with Gasteiger partial charge >= 0.3 is 12.0 Å². The number of urea groups is 1. The van der Waals surface area contributed by atoms with Crippen LogP contribution in [0, 0.1) is 0 Å². The predicted molar refractivity (Wildman–Crippen MR) is 90.1 cm³/mol. The number of hydrogen-bond donors (Lipinski definition) is 2. The SMILES string of the molecule is COC(=O)c1sccc1S(=O)(=O)NC(=O)Nc1nc(OC)cc(OC)n1. The molecule has 0 bridgehead atoms. The molecule has 0 fully saturated rings. The molecule has 140 valence electrons. The number of esters is 1. The van der Waals surface area contributed by atoms with Crippen molar-refractivity contribution in [3.05, 3.63) is 22.4 Å². The Morgan fingerprint density at radius 2 is 1.73 bits per heavy atom. The molecule has 0 saturated carbocycles. The number of sulfonamides is 1. The standard InChI is InChI=1S/C13H14N4O7S2/c1-22-8-6-9(23-2)15-12(14-8)16-13(19)17-26(20,21)7-4-5-25-10(7)11(18)24-3/h4-6H,1-3H3,(H2,14,15,16,17,19). The number of hydrogen-bond acceptors (Lipinski definition) is 10. The molecule has 2 rings (SSSR count). The molecule has 0 spiro atoms. The topological polar surface area (TPSA) is 146 Å². The Morgan fingerprint density at radius 1 is 1.12 bits per heavy atom. The summed E-state index contributed by atoms with van der Waals surface area (Å²) in [4.78, 5) is 30.7. The smallest absolute Gasteiger partial charge is 0.349 e. The number of carbonyl (C=O) groups is 2. The highest BCUT2D eigenvalue weighted by Crippen LogP contribution is 2.23. The maximum absolute atomic E-state index is 12.3. The van der Waals surface area contributed by atoms with Gasteiger partial charge in [-0.15, -0.1) is 11.3 Å². The van der Waals surface area contributed by atoms with Crippen molar-refractivity contribution in [3.63, 3.8) is 0 Å². The number of nitrogens with one attached hydrogen (secondary N) is 2. The summed E-state index contributed by atoms with van der Waals surface area (Å²) in [6, 6.07) is 1.41. The monoisotopic (exact) mass is 402 g/mol.